The Kier molecular flexibility index (Phi) is 5.20. The first-order valence-electron chi connectivity index (χ1n) is 5.48. The highest BCUT2D eigenvalue weighted by Crippen LogP contribution is 2.09. The molecule has 0 atom stereocenters. The number of hydrogen-bond donors (Lipinski definition) is 1. The summed E-state index contributed by atoms with van der Waals surface area (Å²) in [6, 6.07) is 7.63. The topological polar surface area (TPSA) is 63.6 Å². The zero-order valence-corrected chi connectivity index (χ0v) is 9.81. The maximum Gasteiger partial charge on any atom is 0.305 e. The van der Waals surface area contributed by atoms with E-state index >= 15 is 0 Å². The Balaban J connectivity index is 2.44. The van der Waals surface area contributed by atoms with Crippen LogP contribution in [0.25, 0.3) is 0 Å². The van der Waals surface area contributed by atoms with Gasteiger partial charge in [0.05, 0.1) is 7.11 Å². The molecule has 0 radical (unpaired) electrons. The molecule has 0 saturated carbocycles. The molecule has 0 aliphatic carbocycles. The second-order valence-electron chi connectivity index (χ2n) is 3.79. The second kappa shape index (κ2) is 6.68. The minimum absolute atomic E-state index is 0.140. The SMILES string of the molecule is COC(=O)CCc1ccc(CCC(=O)O)cc1. The second-order valence-corrected chi connectivity index (χ2v) is 3.79. The van der Waals surface area contributed by atoms with Crippen molar-refractivity contribution < 1.29 is 19.4 Å². The minimum atomic E-state index is -0.792. The molecule has 4 nitrogen and oxygen atoms in total. The van der Waals surface area contributed by atoms with Crippen LogP contribution in [0.5, 0.6) is 0 Å². The van der Waals surface area contributed by atoms with Crippen LogP contribution in [-0.2, 0) is 27.2 Å². The van der Waals surface area contributed by atoms with Crippen LogP contribution in [-0.4, -0.2) is 24.2 Å². The van der Waals surface area contributed by atoms with E-state index < -0.39 is 5.97 Å². The molecule has 1 aromatic rings. The van der Waals surface area contributed by atoms with Crippen LogP contribution in [0, 0.1) is 0 Å². The molecule has 1 rings (SSSR count). The van der Waals surface area contributed by atoms with Crippen LogP contribution >= 0.6 is 0 Å². The van der Waals surface area contributed by atoms with E-state index in [1.54, 1.807) is 0 Å². The number of methoxy groups -OCH3 is 1. The number of aryl methyl sites for hydroxylation is 2. The first kappa shape index (κ1) is 13.2. The molecule has 0 saturated heterocycles. The number of esters is 1. The summed E-state index contributed by atoms with van der Waals surface area (Å²) < 4.78 is 4.56. The Labute approximate surface area is 100 Å². The summed E-state index contributed by atoms with van der Waals surface area (Å²) in [5, 5.41) is 8.55. The van der Waals surface area contributed by atoms with Crippen LogP contribution in [0.2, 0.25) is 0 Å². The van der Waals surface area contributed by atoms with Crippen LogP contribution in [0.15, 0.2) is 24.3 Å². The molecule has 92 valence electrons. The lowest BCUT2D eigenvalue weighted by Crippen LogP contribution is -2.02. The van der Waals surface area contributed by atoms with Crippen LogP contribution in [0.4, 0.5) is 0 Å². The summed E-state index contributed by atoms with van der Waals surface area (Å²) in [5.74, 6) is -1.01. The highest BCUT2D eigenvalue weighted by molar-refractivity contribution is 5.69. The third kappa shape index (κ3) is 5.15. The fraction of sp³-hybridized carbons (Fsp3) is 0.385. The average molecular weight is 236 g/mol. The van der Waals surface area contributed by atoms with Gasteiger partial charge in [-0.1, -0.05) is 24.3 Å². The molecule has 0 amide bonds. The summed E-state index contributed by atoms with van der Waals surface area (Å²) in [5.41, 5.74) is 2.05. The van der Waals surface area contributed by atoms with Gasteiger partial charge in [-0.15, -0.1) is 0 Å². The van der Waals surface area contributed by atoms with E-state index in [4.69, 9.17) is 5.11 Å². The quantitative estimate of drug-likeness (QED) is 0.765. The van der Waals surface area contributed by atoms with Gasteiger partial charge in [0.1, 0.15) is 0 Å². The molecule has 0 aliphatic heterocycles. The Morgan fingerprint density at radius 3 is 1.94 bits per heavy atom. The summed E-state index contributed by atoms with van der Waals surface area (Å²) >= 11 is 0. The lowest BCUT2D eigenvalue weighted by molar-refractivity contribution is -0.140. The number of aliphatic carboxylic acids is 1. The van der Waals surface area contributed by atoms with Gasteiger partial charge >= 0.3 is 11.9 Å². The normalized spacial score (nSPS) is 9.94. The van der Waals surface area contributed by atoms with E-state index in [2.05, 4.69) is 4.74 Å². The predicted molar refractivity (Wildman–Crippen MR) is 62.7 cm³/mol. The summed E-state index contributed by atoms with van der Waals surface area (Å²) in [6.45, 7) is 0. The Morgan fingerprint density at radius 1 is 1.06 bits per heavy atom. The molecule has 0 bridgehead atoms. The number of carboxylic acids is 1. The third-order valence-corrected chi connectivity index (χ3v) is 2.50. The average Bonchev–Trinajstić information content (AvgIpc) is 2.34. The number of hydrogen-bond acceptors (Lipinski definition) is 3. The van der Waals surface area contributed by atoms with Crippen molar-refractivity contribution in [2.24, 2.45) is 0 Å². The van der Waals surface area contributed by atoms with E-state index in [0.29, 0.717) is 19.3 Å². The molecule has 0 aromatic heterocycles. The maximum atomic E-state index is 10.9. The van der Waals surface area contributed by atoms with Gasteiger partial charge in [-0.2, -0.15) is 0 Å². The van der Waals surface area contributed by atoms with Crippen molar-refractivity contribution in [3.8, 4) is 0 Å². The lowest BCUT2D eigenvalue weighted by Gasteiger charge is -2.03. The first-order chi connectivity index (χ1) is 8.11. The molecule has 1 aromatic carbocycles. The van der Waals surface area contributed by atoms with E-state index in [0.717, 1.165) is 11.1 Å². The van der Waals surface area contributed by atoms with Gasteiger partial charge in [0.15, 0.2) is 0 Å². The molecule has 0 heterocycles. The fourth-order valence-electron chi connectivity index (χ4n) is 1.47. The van der Waals surface area contributed by atoms with Gasteiger partial charge in [0.25, 0.3) is 0 Å². The number of benzene rings is 1. The van der Waals surface area contributed by atoms with Crippen molar-refractivity contribution >= 4 is 11.9 Å². The van der Waals surface area contributed by atoms with Gasteiger partial charge < -0.3 is 9.84 Å². The lowest BCUT2D eigenvalue weighted by atomic mass is 10.0. The predicted octanol–water partition coefficient (Wildman–Crippen LogP) is 1.81. The zero-order valence-electron chi connectivity index (χ0n) is 9.81. The number of ether oxygens (including phenoxy) is 1. The van der Waals surface area contributed by atoms with Crippen molar-refractivity contribution in [1.29, 1.82) is 0 Å². The van der Waals surface area contributed by atoms with E-state index in [1.807, 2.05) is 24.3 Å². The van der Waals surface area contributed by atoms with Gasteiger partial charge in [0, 0.05) is 12.8 Å². The molecule has 0 aliphatic rings. The maximum absolute atomic E-state index is 10.9. The van der Waals surface area contributed by atoms with Gasteiger partial charge in [-0.25, -0.2) is 0 Å². The smallest absolute Gasteiger partial charge is 0.305 e. The number of carbonyl (C=O) groups is 2. The third-order valence-electron chi connectivity index (χ3n) is 2.50. The molecule has 0 spiro atoms. The van der Waals surface area contributed by atoms with Crippen LogP contribution in [0.3, 0.4) is 0 Å². The van der Waals surface area contributed by atoms with Crippen molar-refractivity contribution in [2.45, 2.75) is 25.7 Å². The molecular formula is C13H16O4. The van der Waals surface area contributed by atoms with Crippen molar-refractivity contribution in [2.75, 3.05) is 7.11 Å². The van der Waals surface area contributed by atoms with Crippen molar-refractivity contribution in [1.82, 2.24) is 0 Å². The van der Waals surface area contributed by atoms with Gasteiger partial charge in [-0.05, 0) is 24.0 Å². The Hall–Kier alpha value is -1.84. The highest BCUT2D eigenvalue weighted by Gasteiger charge is 2.02. The number of carbonyl (C=O) groups excluding carboxylic acids is 1. The molecule has 1 N–H and O–H groups in total. The van der Waals surface area contributed by atoms with E-state index in [9.17, 15) is 9.59 Å². The van der Waals surface area contributed by atoms with Crippen molar-refractivity contribution in [3.63, 3.8) is 0 Å². The summed E-state index contributed by atoms with van der Waals surface area (Å²) in [4.78, 5) is 21.3. The molecule has 4 heteroatoms. The Morgan fingerprint density at radius 2 is 1.53 bits per heavy atom. The monoisotopic (exact) mass is 236 g/mol. The summed E-state index contributed by atoms with van der Waals surface area (Å²) in [7, 11) is 1.37. The highest BCUT2D eigenvalue weighted by atomic mass is 16.5. The molecular weight excluding hydrogens is 220 g/mol. The minimum Gasteiger partial charge on any atom is -0.481 e. The first-order valence-corrected chi connectivity index (χ1v) is 5.48. The fourth-order valence-corrected chi connectivity index (χ4v) is 1.47. The number of rotatable bonds is 6. The molecule has 17 heavy (non-hydrogen) atoms. The Bertz CT molecular complexity index is 381. The summed E-state index contributed by atoms with van der Waals surface area (Å²) in [6.07, 6.45) is 1.69. The molecule has 0 fully saturated rings. The van der Waals surface area contributed by atoms with E-state index in [-0.39, 0.29) is 12.4 Å². The van der Waals surface area contributed by atoms with Gasteiger partial charge in [-0.3, -0.25) is 9.59 Å². The molecule has 0 unspecified atom stereocenters. The van der Waals surface area contributed by atoms with E-state index in [1.165, 1.54) is 7.11 Å². The largest absolute Gasteiger partial charge is 0.481 e. The van der Waals surface area contributed by atoms with Crippen LogP contribution < -0.4 is 0 Å². The number of carboxylic acid groups (broad SMARTS) is 1. The van der Waals surface area contributed by atoms with Crippen molar-refractivity contribution in [3.05, 3.63) is 35.4 Å². The zero-order chi connectivity index (χ0) is 12.7. The standard InChI is InChI=1S/C13H16O4/c1-17-13(16)9-7-11-4-2-10(3-5-11)6-8-12(14)15/h2-5H,6-9H2,1H3,(H,14,15). The van der Waals surface area contributed by atoms with Crippen LogP contribution in [0.1, 0.15) is 24.0 Å². The van der Waals surface area contributed by atoms with Gasteiger partial charge in [0.2, 0.25) is 0 Å².